The molecule has 0 radical (unpaired) electrons. The SMILES string of the molecule is CN1c2ccccc2OC1C=C1CC=Cc2ccccc21. The van der Waals surface area contributed by atoms with Gasteiger partial charge in [-0.25, -0.2) is 0 Å². The molecule has 4 rings (SSSR count). The first-order chi connectivity index (χ1) is 10.3. The van der Waals surface area contributed by atoms with Gasteiger partial charge in [-0.2, -0.15) is 0 Å². The van der Waals surface area contributed by atoms with Crippen molar-refractivity contribution < 1.29 is 4.74 Å². The fourth-order valence-corrected chi connectivity index (χ4v) is 3.03. The van der Waals surface area contributed by atoms with E-state index < -0.39 is 0 Å². The van der Waals surface area contributed by atoms with E-state index in [1.165, 1.54) is 16.7 Å². The molecule has 1 atom stereocenters. The molecule has 2 aromatic rings. The maximum Gasteiger partial charge on any atom is 0.192 e. The predicted octanol–water partition coefficient (Wildman–Crippen LogP) is 4.34. The molecule has 0 N–H and O–H groups in total. The molecule has 0 amide bonds. The lowest BCUT2D eigenvalue weighted by Crippen LogP contribution is -2.29. The highest BCUT2D eigenvalue weighted by molar-refractivity contribution is 5.80. The van der Waals surface area contributed by atoms with Gasteiger partial charge in [0, 0.05) is 7.05 Å². The van der Waals surface area contributed by atoms with E-state index in [1.54, 1.807) is 0 Å². The standard InChI is InChI=1S/C19H17NO/c1-20-17-11-4-5-12-18(17)21-19(20)13-15-9-6-8-14-7-2-3-10-16(14)15/h2-8,10-13,19H,9H2,1H3. The van der Waals surface area contributed by atoms with Gasteiger partial charge in [-0.15, -0.1) is 0 Å². The molecule has 2 nitrogen and oxygen atoms in total. The second-order valence-electron chi connectivity index (χ2n) is 5.47. The Morgan fingerprint density at radius 2 is 1.90 bits per heavy atom. The number of benzene rings is 2. The van der Waals surface area contributed by atoms with Crippen molar-refractivity contribution in [2.24, 2.45) is 0 Å². The third-order valence-corrected chi connectivity index (χ3v) is 4.16. The second-order valence-corrected chi connectivity index (χ2v) is 5.47. The fraction of sp³-hybridized carbons (Fsp3) is 0.158. The van der Waals surface area contributed by atoms with Gasteiger partial charge in [0.05, 0.1) is 5.69 Å². The monoisotopic (exact) mass is 275 g/mol. The molecule has 0 aromatic heterocycles. The predicted molar refractivity (Wildman–Crippen MR) is 87.3 cm³/mol. The van der Waals surface area contributed by atoms with E-state index in [0.29, 0.717) is 0 Å². The summed E-state index contributed by atoms with van der Waals surface area (Å²) in [6, 6.07) is 16.7. The van der Waals surface area contributed by atoms with E-state index in [1.807, 2.05) is 18.2 Å². The summed E-state index contributed by atoms with van der Waals surface area (Å²) in [7, 11) is 2.08. The largest absolute Gasteiger partial charge is 0.465 e. The van der Waals surface area contributed by atoms with Gasteiger partial charge < -0.3 is 9.64 Å². The number of para-hydroxylation sites is 2. The van der Waals surface area contributed by atoms with Gasteiger partial charge in [0.25, 0.3) is 0 Å². The van der Waals surface area contributed by atoms with Crippen molar-refractivity contribution in [3.05, 3.63) is 71.8 Å². The number of ether oxygens (including phenoxy) is 1. The van der Waals surface area contributed by atoms with Crippen molar-refractivity contribution in [3.8, 4) is 5.75 Å². The Morgan fingerprint density at radius 3 is 2.81 bits per heavy atom. The Bertz CT molecular complexity index is 745. The molecule has 1 aliphatic heterocycles. The summed E-state index contributed by atoms with van der Waals surface area (Å²) >= 11 is 0. The molecular weight excluding hydrogens is 258 g/mol. The van der Waals surface area contributed by atoms with Crippen molar-refractivity contribution >= 4 is 17.3 Å². The van der Waals surface area contributed by atoms with E-state index in [-0.39, 0.29) is 6.23 Å². The lowest BCUT2D eigenvalue weighted by molar-refractivity contribution is 0.280. The van der Waals surface area contributed by atoms with Gasteiger partial charge in [-0.1, -0.05) is 48.6 Å². The molecule has 104 valence electrons. The lowest BCUT2D eigenvalue weighted by atomic mass is 9.92. The summed E-state index contributed by atoms with van der Waals surface area (Å²) in [5.41, 5.74) is 5.08. The van der Waals surface area contributed by atoms with Crippen molar-refractivity contribution in [2.75, 3.05) is 11.9 Å². The zero-order chi connectivity index (χ0) is 14.2. The molecule has 1 heterocycles. The van der Waals surface area contributed by atoms with E-state index in [4.69, 9.17) is 4.74 Å². The Hall–Kier alpha value is -2.48. The maximum atomic E-state index is 6.06. The molecule has 0 saturated carbocycles. The first-order valence-corrected chi connectivity index (χ1v) is 7.28. The van der Waals surface area contributed by atoms with E-state index in [0.717, 1.165) is 17.9 Å². The van der Waals surface area contributed by atoms with Gasteiger partial charge in [0.15, 0.2) is 6.23 Å². The van der Waals surface area contributed by atoms with Gasteiger partial charge in [0.2, 0.25) is 0 Å². The molecule has 0 fully saturated rings. The summed E-state index contributed by atoms with van der Waals surface area (Å²) in [4.78, 5) is 2.18. The van der Waals surface area contributed by atoms with Gasteiger partial charge >= 0.3 is 0 Å². The van der Waals surface area contributed by atoms with Crippen LogP contribution < -0.4 is 9.64 Å². The number of hydrogen-bond acceptors (Lipinski definition) is 2. The summed E-state index contributed by atoms with van der Waals surface area (Å²) < 4.78 is 6.06. The number of hydrogen-bond donors (Lipinski definition) is 0. The van der Waals surface area contributed by atoms with Crippen LogP contribution in [-0.4, -0.2) is 13.3 Å². The molecule has 0 saturated heterocycles. The molecule has 2 aromatic carbocycles. The normalized spacial score (nSPS) is 21.1. The molecular formula is C19H17NO. The van der Waals surface area contributed by atoms with Crippen LogP contribution in [0.1, 0.15) is 17.5 Å². The van der Waals surface area contributed by atoms with Crippen LogP contribution >= 0.6 is 0 Å². The summed E-state index contributed by atoms with van der Waals surface area (Å²) in [6.45, 7) is 0. The highest BCUT2D eigenvalue weighted by atomic mass is 16.5. The zero-order valence-electron chi connectivity index (χ0n) is 12.0. The number of fused-ring (bicyclic) bond motifs is 2. The third-order valence-electron chi connectivity index (χ3n) is 4.16. The first kappa shape index (κ1) is 12.3. The van der Waals surface area contributed by atoms with Gasteiger partial charge in [0.1, 0.15) is 5.75 Å². The van der Waals surface area contributed by atoms with Crippen LogP contribution in [0.4, 0.5) is 5.69 Å². The molecule has 0 spiro atoms. The van der Waals surface area contributed by atoms with Crippen LogP contribution in [0.15, 0.2) is 60.7 Å². The number of nitrogens with zero attached hydrogens (tertiary/aromatic N) is 1. The lowest BCUT2D eigenvalue weighted by Gasteiger charge is -2.20. The van der Waals surface area contributed by atoms with Crippen LogP contribution in [-0.2, 0) is 0 Å². The topological polar surface area (TPSA) is 12.5 Å². The minimum Gasteiger partial charge on any atom is -0.465 e. The molecule has 2 heteroatoms. The summed E-state index contributed by atoms with van der Waals surface area (Å²) in [5, 5.41) is 0. The number of rotatable bonds is 1. The van der Waals surface area contributed by atoms with Crippen LogP contribution in [0.25, 0.3) is 11.6 Å². The Labute approximate surface area is 125 Å². The fourth-order valence-electron chi connectivity index (χ4n) is 3.03. The van der Waals surface area contributed by atoms with Crippen molar-refractivity contribution in [1.29, 1.82) is 0 Å². The van der Waals surface area contributed by atoms with Crippen LogP contribution in [0.3, 0.4) is 0 Å². The van der Waals surface area contributed by atoms with Crippen molar-refractivity contribution in [2.45, 2.75) is 12.6 Å². The summed E-state index contributed by atoms with van der Waals surface area (Å²) in [5.74, 6) is 0.960. The minimum absolute atomic E-state index is 0.0306. The first-order valence-electron chi connectivity index (χ1n) is 7.28. The van der Waals surface area contributed by atoms with Crippen molar-refractivity contribution in [1.82, 2.24) is 0 Å². The number of allylic oxidation sites excluding steroid dienone is 2. The smallest absolute Gasteiger partial charge is 0.192 e. The van der Waals surface area contributed by atoms with Gasteiger partial charge in [-0.05, 0) is 41.3 Å². The van der Waals surface area contributed by atoms with E-state index >= 15 is 0 Å². The zero-order valence-corrected chi connectivity index (χ0v) is 12.0. The molecule has 21 heavy (non-hydrogen) atoms. The number of anilines is 1. The Balaban J connectivity index is 1.70. The molecule has 1 unspecified atom stereocenters. The Kier molecular flexibility index (Phi) is 2.81. The minimum atomic E-state index is -0.0306. The highest BCUT2D eigenvalue weighted by Crippen LogP contribution is 2.38. The average Bonchev–Trinajstić information content (AvgIpc) is 2.85. The average molecular weight is 275 g/mol. The quantitative estimate of drug-likeness (QED) is 0.767. The summed E-state index contributed by atoms with van der Waals surface area (Å²) in [6.07, 6.45) is 7.58. The third kappa shape index (κ3) is 2.04. The molecule has 1 aliphatic carbocycles. The second kappa shape index (κ2) is 4.81. The van der Waals surface area contributed by atoms with Crippen LogP contribution in [0.5, 0.6) is 5.75 Å². The molecule has 2 aliphatic rings. The number of likely N-dealkylation sites (N-methyl/N-ethyl adjacent to an activating group) is 1. The van der Waals surface area contributed by atoms with Gasteiger partial charge in [-0.3, -0.25) is 0 Å². The van der Waals surface area contributed by atoms with Crippen LogP contribution in [0, 0.1) is 0 Å². The maximum absolute atomic E-state index is 6.06. The highest BCUT2D eigenvalue weighted by Gasteiger charge is 2.26. The Morgan fingerprint density at radius 1 is 1.10 bits per heavy atom. The van der Waals surface area contributed by atoms with Crippen LogP contribution in [0.2, 0.25) is 0 Å². The van der Waals surface area contributed by atoms with Crippen molar-refractivity contribution in [3.63, 3.8) is 0 Å². The van der Waals surface area contributed by atoms with E-state index in [2.05, 4.69) is 60.5 Å². The van der Waals surface area contributed by atoms with E-state index in [9.17, 15) is 0 Å². The molecule has 0 bridgehead atoms.